The van der Waals surface area contributed by atoms with E-state index in [0.717, 1.165) is 23.2 Å². The van der Waals surface area contributed by atoms with Crippen LogP contribution in [0.5, 0.6) is 0 Å². The van der Waals surface area contributed by atoms with Crippen LogP contribution in [0.1, 0.15) is 10.4 Å². The number of aromatic amines is 1. The number of hydrogen-bond acceptors (Lipinski definition) is 4. The Hall–Kier alpha value is -2.95. The summed E-state index contributed by atoms with van der Waals surface area (Å²) in [6.07, 6.45) is 5.73. The molecule has 20 heavy (non-hydrogen) atoms. The fourth-order valence-electron chi connectivity index (χ4n) is 1.97. The highest BCUT2D eigenvalue weighted by Crippen LogP contribution is 2.28. The second-order valence-electron chi connectivity index (χ2n) is 4.23. The normalized spacial score (nSPS) is 10.2. The Bertz CT molecular complexity index is 722. The number of carbonyl (C=O) groups is 1. The fraction of sp³-hybridized carbons (Fsp3) is 0. The molecule has 0 atom stereocenters. The Morgan fingerprint density at radius 2 is 1.95 bits per heavy atom. The smallest absolute Gasteiger partial charge is 0.152 e. The molecular formula is C15H12N4O. The predicted octanol–water partition coefficient (Wildman–Crippen LogP) is 3.03. The monoisotopic (exact) mass is 264 g/mol. The molecule has 3 aromatic rings. The molecule has 0 aliphatic heterocycles. The summed E-state index contributed by atoms with van der Waals surface area (Å²) in [4.78, 5) is 15.0. The summed E-state index contributed by atoms with van der Waals surface area (Å²) < 4.78 is 0. The molecule has 1 aromatic carbocycles. The number of aldehydes is 1. The van der Waals surface area contributed by atoms with Gasteiger partial charge in [0.2, 0.25) is 0 Å². The van der Waals surface area contributed by atoms with Gasteiger partial charge >= 0.3 is 0 Å². The number of pyridine rings is 1. The number of hydrogen-bond donors (Lipinski definition) is 2. The Labute approximate surface area is 115 Å². The van der Waals surface area contributed by atoms with Crippen LogP contribution in [0.25, 0.3) is 11.1 Å². The first-order valence-corrected chi connectivity index (χ1v) is 6.13. The van der Waals surface area contributed by atoms with E-state index in [-0.39, 0.29) is 0 Å². The number of carbonyl (C=O) groups excluding carboxylic acids is 1. The largest absolute Gasteiger partial charge is 0.338 e. The average Bonchev–Trinajstić information content (AvgIpc) is 2.97. The number of nitrogens with one attached hydrogen (secondary N) is 2. The zero-order valence-corrected chi connectivity index (χ0v) is 10.6. The second kappa shape index (κ2) is 5.36. The highest BCUT2D eigenvalue weighted by atomic mass is 16.1. The molecular weight excluding hydrogens is 252 g/mol. The van der Waals surface area contributed by atoms with Gasteiger partial charge in [0.1, 0.15) is 5.82 Å². The third kappa shape index (κ3) is 2.29. The lowest BCUT2D eigenvalue weighted by atomic mass is 10.1. The summed E-state index contributed by atoms with van der Waals surface area (Å²) in [6, 6.07) is 11.6. The summed E-state index contributed by atoms with van der Waals surface area (Å²) in [6.45, 7) is 0. The lowest BCUT2D eigenvalue weighted by Crippen LogP contribution is -1.97. The van der Waals surface area contributed by atoms with Gasteiger partial charge in [0, 0.05) is 17.3 Å². The molecule has 0 fully saturated rings. The summed E-state index contributed by atoms with van der Waals surface area (Å²) in [7, 11) is 0. The molecule has 0 spiro atoms. The lowest BCUT2D eigenvalue weighted by molar-refractivity contribution is 0.112. The minimum atomic E-state index is 0.550. The number of nitrogens with zero attached hydrogens (tertiary/aromatic N) is 2. The Balaban J connectivity index is 1.97. The number of H-pyrrole nitrogens is 1. The number of anilines is 2. The van der Waals surface area contributed by atoms with Crippen molar-refractivity contribution in [2.75, 3.05) is 5.32 Å². The van der Waals surface area contributed by atoms with Gasteiger partial charge in [-0.15, -0.1) is 0 Å². The third-order valence-corrected chi connectivity index (χ3v) is 2.97. The van der Waals surface area contributed by atoms with Crippen molar-refractivity contribution in [3.05, 3.63) is 60.6 Å². The average molecular weight is 264 g/mol. The van der Waals surface area contributed by atoms with E-state index in [9.17, 15) is 4.79 Å². The van der Waals surface area contributed by atoms with E-state index in [1.54, 1.807) is 24.7 Å². The molecule has 2 aromatic heterocycles. The van der Waals surface area contributed by atoms with E-state index in [4.69, 9.17) is 0 Å². The van der Waals surface area contributed by atoms with E-state index in [2.05, 4.69) is 20.5 Å². The van der Waals surface area contributed by atoms with E-state index < -0.39 is 0 Å². The lowest BCUT2D eigenvalue weighted by Gasteiger charge is -2.08. The Morgan fingerprint density at radius 1 is 1.10 bits per heavy atom. The fourth-order valence-corrected chi connectivity index (χ4v) is 1.97. The molecule has 0 saturated heterocycles. The summed E-state index contributed by atoms with van der Waals surface area (Å²) in [5, 5.41) is 10.1. The van der Waals surface area contributed by atoms with Gasteiger partial charge in [0.05, 0.1) is 18.1 Å². The topological polar surface area (TPSA) is 70.7 Å². The van der Waals surface area contributed by atoms with Crippen LogP contribution < -0.4 is 5.32 Å². The second-order valence-corrected chi connectivity index (χ2v) is 4.23. The van der Waals surface area contributed by atoms with Crippen LogP contribution >= 0.6 is 0 Å². The molecule has 98 valence electrons. The van der Waals surface area contributed by atoms with Crippen molar-refractivity contribution in [2.45, 2.75) is 0 Å². The molecule has 0 saturated carbocycles. The quantitative estimate of drug-likeness (QED) is 0.710. The van der Waals surface area contributed by atoms with Gasteiger partial charge in [-0.3, -0.25) is 14.9 Å². The molecule has 0 radical (unpaired) electrons. The Morgan fingerprint density at radius 3 is 2.75 bits per heavy atom. The van der Waals surface area contributed by atoms with Crippen LogP contribution in [-0.4, -0.2) is 21.5 Å². The van der Waals surface area contributed by atoms with Crippen LogP contribution in [0.2, 0.25) is 0 Å². The summed E-state index contributed by atoms with van der Waals surface area (Å²) in [5.74, 6) is 0.729. The molecule has 2 N–H and O–H groups in total. The standard InChI is InChI=1S/C15H12N4O/c20-10-12-6-7-16-9-14(12)18-15-13(8-17-19-15)11-4-2-1-3-5-11/h1-10H,(H2,17,18,19). The maximum atomic E-state index is 11.0. The van der Waals surface area contributed by atoms with Crippen molar-refractivity contribution >= 4 is 17.8 Å². The minimum Gasteiger partial charge on any atom is -0.338 e. The molecule has 2 heterocycles. The van der Waals surface area contributed by atoms with E-state index >= 15 is 0 Å². The van der Waals surface area contributed by atoms with Crippen LogP contribution in [0, 0.1) is 0 Å². The first kappa shape index (κ1) is 12.1. The van der Waals surface area contributed by atoms with Crippen molar-refractivity contribution in [3.8, 4) is 11.1 Å². The predicted molar refractivity (Wildman–Crippen MR) is 76.9 cm³/mol. The van der Waals surface area contributed by atoms with Gasteiger partial charge in [0.25, 0.3) is 0 Å². The zero-order chi connectivity index (χ0) is 13.8. The van der Waals surface area contributed by atoms with Crippen molar-refractivity contribution < 1.29 is 4.79 Å². The van der Waals surface area contributed by atoms with Crippen molar-refractivity contribution in [3.63, 3.8) is 0 Å². The minimum absolute atomic E-state index is 0.550. The number of benzene rings is 1. The maximum absolute atomic E-state index is 11.0. The van der Waals surface area contributed by atoms with Gasteiger partial charge in [-0.1, -0.05) is 30.3 Å². The van der Waals surface area contributed by atoms with Crippen LogP contribution in [0.3, 0.4) is 0 Å². The first-order valence-electron chi connectivity index (χ1n) is 6.13. The first-order chi connectivity index (χ1) is 9.88. The van der Waals surface area contributed by atoms with Crippen molar-refractivity contribution in [1.82, 2.24) is 15.2 Å². The number of rotatable bonds is 4. The highest BCUT2D eigenvalue weighted by Gasteiger charge is 2.09. The molecule has 5 heteroatoms. The number of aromatic nitrogens is 3. The molecule has 0 bridgehead atoms. The van der Waals surface area contributed by atoms with Gasteiger partial charge in [-0.25, -0.2) is 0 Å². The SMILES string of the molecule is O=Cc1ccncc1Nc1[nH]ncc1-c1ccccc1. The van der Waals surface area contributed by atoms with Crippen LogP contribution in [0.15, 0.2) is 55.0 Å². The van der Waals surface area contributed by atoms with Gasteiger partial charge in [0.15, 0.2) is 6.29 Å². The molecule has 3 rings (SSSR count). The Kier molecular flexibility index (Phi) is 3.24. The highest BCUT2D eigenvalue weighted by molar-refractivity contribution is 5.87. The maximum Gasteiger partial charge on any atom is 0.152 e. The van der Waals surface area contributed by atoms with Crippen LogP contribution in [-0.2, 0) is 0 Å². The third-order valence-electron chi connectivity index (χ3n) is 2.97. The molecule has 0 aliphatic carbocycles. The summed E-state index contributed by atoms with van der Waals surface area (Å²) in [5.41, 5.74) is 3.17. The van der Waals surface area contributed by atoms with Gasteiger partial charge < -0.3 is 5.32 Å². The molecule has 5 nitrogen and oxygen atoms in total. The van der Waals surface area contributed by atoms with Crippen molar-refractivity contribution in [1.29, 1.82) is 0 Å². The van der Waals surface area contributed by atoms with E-state index in [0.29, 0.717) is 11.3 Å². The molecule has 0 amide bonds. The van der Waals surface area contributed by atoms with E-state index in [1.807, 2.05) is 30.3 Å². The molecule has 0 unspecified atom stereocenters. The summed E-state index contributed by atoms with van der Waals surface area (Å²) >= 11 is 0. The zero-order valence-electron chi connectivity index (χ0n) is 10.6. The van der Waals surface area contributed by atoms with Gasteiger partial charge in [-0.2, -0.15) is 5.10 Å². The van der Waals surface area contributed by atoms with Crippen molar-refractivity contribution in [2.24, 2.45) is 0 Å². The van der Waals surface area contributed by atoms with Crippen LogP contribution in [0.4, 0.5) is 11.5 Å². The van der Waals surface area contributed by atoms with Gasteiger partial charge in [-0.05, 0) is 11.6 Å². The molecule has 0 aliphatic rings. The van der Waals surface area contributed by atoms with E-state index in [1.165, 1.54) is 0 Å².